The van der Waals surface area contributed by atoms with Crippen molar-refractivity contribution in [2.24, 2.45) is 0 Å². The van der Waals surface area contributed by atoms with Gasteiger partial charge in [-0.3, -0.25) is 0 Å². The topological polar surface area (TPSA) is 75.3 Å². The van der Waals surface area contributed by atoms with Gasteiger partial charge >= 0.3 is 0 Å². The van der Waals surface area contributed by atoms with E-state index in [4.69, 9.17) is 4.74 Å². The second-order valence-corrected chi connectivity index (χ2v) is 6.27. The van der Waals surface area contributed by atoms with E-state index in [1.54, 1.807) is 0 Å². The third-order valence-corrected chi connectivity index (χ3v) is 4.53. The molecule has 7 heteroatoms. The van der Waals surface area contributed by atoms with Crippen LogP contribution in [0.2, 0.25) is 0 Å². The smallest absolute Gasteiger partial charge is 0.260 e. The predicted molar refractivity (Wildman–Crippen MR) is 74.9 cm³/mol. The number of imidazole rings is 1. The largest absolute Gasteiger partial charge is 0.494 e. The lowest BCUT2D eigenvalue weighted by Gasteiger charge is -2.16. The van der Waals surface area contributed by atoms with Crippen molar-refractivity contribution in [3.8, 4) is 5.75 Å². The number of aromatic amines is 1. The summed E-state index contributed by atoms with van der Waals surface area (Å²) < 4.78 is 31.0. The number of nitrogens with one attached hydrogen (secondary N) is 1. The van der Waals surface area contributed by atoms with Crippen molar-refractivity contribution in [2.45, 2.75) is 18.5 Å². The van der Waals surface area contributed by atoms with E-state index in [1.807, 2.05) is 31.2 Å². The normalized spacial score (nSPS) is 11.8. The van der Waals surface area contributed by atoms with Crippen LogP contribution in [0.25, 0.3) is 0 Å². The highest BCUT2D eigenvalue weighted by molar-refractivity contribution is 7.89. The Hall–Kier alpha value is -1.86. The summed E-state index contributed by atoms with van der Waals surface area (Å²) in [7, 11) is -2.00. The van der Waals surface area contributed by atoms with Crippen molar-refractivity contribution in [1.82, 2.24) is 14.3 Å². The Labute approximate surface area is 118 Å². The van der Waals surface area contributed by atoms with Gasteiger partial charge in [-0.1, -0.05) is 12.1 Å². The minimum Gasteiger partial charge on any atom is -0.494 e. The van der Waals surface area contributed by atoms with Crippen LogP contribution in [0.1, 0.15) is 12.5 Å². The van der Waals surface area contributed by atoms with Crippen LogP contribution in [-0.4, -0.2) is 36.3 Å². The third kappa shape index (κ3) is 3.17. The Kier molecular flexibility index (Phi) is 4.41. The minimum absolute atomic E-state index is 0.0888. The summed E-state index contributed by atoms with van der Waals surface area (Å²) in [5.74, 6) is 0.773. The number of ether oxygens (including phenoxy) is 1. The van der Waals surface area contributed by atoms with Crippen LogP contribution < -0.4 is 4.74 Å². The number of benzene rings is 1. The molecule has 0 aliphatic carbocycles. The molecule has 0 radical (unpaired) electrons. The number of hydrogen-bond donors (Lipinski definition) is 1. The molecular weight excluding hydrogens is 278 g/mol. The number of hydrogen-bond acceptors (Lipinski definition) is 4. The highest BCUT2D eigenvalue weighted by Gasteiger charge is 2.22. The van der Waals surface area contributed by atoms with Gasteiger partial charge in [-0.15, -0.1) is 0 Å². The Morgan fingerprint density at radius 1 is 1.30 bits per heavy atom. The van der Waals surface area contributed by atoms with Crippen molar-refractivity contribution in [3.05, 3.63) is 42.4 Å². The van der Waals surface area contributed by atoms with Crippen LogP contribution in [0.4, 0.5) is 0 Å². The van der Waals surface area contributed by atoms with Crippen molar-refractivity contribution in [2.75, 3.05) is 13.7 Å². The van der Waals surface area contributed by atoms with Crippen LogP contribution in [-0.2, 0) is 16.6 Å². The summed E-state index contributed by atoms with van der Waals surface area (Å²) in [6, 6.07) is 7.36. The van der Waals surface area contributed by atoms with Gasteiger partial charge in [0.25, 0.3) is 10.0 Å². The highest BCUT2D eigenvalue weighted by Crippen LogP contribution is 2.16. The summed E-state index contributed by atoms with van der Waals surface area (Å²) in [5.41, 5.74) is 0.888. The minimum atomic E-state index is -3.53. The third-order valence-electron chi connectivity index (χ3n) is 2.80. The monoisotopic (exact) mass is 295 g/mol. The highest BCUT2D eigenvalue weighted by atomic mass is 32.2. The fourth-order valence-electron chi connectivity index (χ4n) is 1.75. The van der Waals surface area contributed by atoms with E-state index >= 15 is 0 Å². The number of nitrogens with zero attached hydrogens (tertiary/aromatic N) is 2. The van der Waals surface area contributed by atoms with E-state index in [2.05, 4.69) is 9.97 Å². The Balaban J connectivity index is 2.09. The maximum absolute atomic E-state index is 12.2. The molecule has 1 aromatic carbocycles. The number of sulfonamides is 1. The Morgan fingerprint density at radius 3 is 2.55 bits per heavy atom. The molecule has 0 amide bonds. The van der Waals surface area contributed by atoms with Crippen molar-refractivity contribution < 1.29 is 13.2 Å². The molecule has 0 unspecified atom stereocenters. The van der Waals surface area contributed by atoms with E-state index < -0.39 is 10.0 Å². The fraction of sp³-hybridized carbons (Fsp3) is 0.308. The SMILES string of the molecule is CCOc1ccc(CN(C)S(=O)(=O)c2cnc[nH]2)cc1. The summed E-state index contributed by atoms with van der Waals surface area (Å²) in [6.07, 6.45) is 2.64. The lowest BCUT2D eigenvalue weighted by atomic mass is 10.2. The van der Waals surface area contributed by atoms with E-state index in [0.717, 1.165) is 11.3 Å². The molecule has 0 fully saturated rings. The molecule has 1 heterocycles. The van der Waals surface area contributed by atoms with Crippen LogP contribution in [0, 0.1) is 0 Å². The molecule has 1 aromatic heterocycles. The molecule has 1 N–H and O–H groups in total. The Morgan fingerprint density at radius 2 is 2.00 bits per heavy atom. The number of H-pyrrole nitrogens is 1. The first kappa shape index (κ1) is 14.5. The first-order chi connectivity index (χ1) is 9.54. The van der Waals surface area contributed by atoms with Crippen molar-refractivity contribution in [3.63, 3.8) is 0 Å². The molecule has 0 saturated carbocycles. The van der Waals surface area contributed by atoms with Gasteiger partial charge in [-0.25, -0.2) is 13.4 Å². The molecule has 0 bridgehead atoms. The maximum atomic E-state index is 12.2. The molecule has 6 nitrogen and oxygen atoms in total. The van der Waals surface area contributed by atoms with Gasteiger partial charge in [0, 0.05) is 13.6 Å². The van der Waals surface area contributed by atoms with Crippen LogP contribution in [0.5, 0.6) is 5.75 Å². The molecule has 2 aromatic rings. The molecule has 108 valence electrons. The summed E-state index contributed by atoms with van der Waals surface area (Å²) in [6.45, 7) is 2.81. The van der Waals surface area contributed by atoms with Crippen molar-refractivity contribution in [1.29, 1.82) is 0 Å². The second kappa shape index (κ2) is 6.06. The molecule has 0 aliphatic rings. The molecule has 20 heavy (non-hydrogen) atoms. The lowest BCUT2D eigenvalue weighted by Crippen LogP contribution is -2.26. The first-order valence-electron chi connectivity index (χ1n) is 6.20. The zero-order valence-corrected chi connectivity index (χ0v) is 12.2. The zero-order valence-electron chi connectivity index (χ0n) is 11.4. The number of aromatic nitrogens is 2. The maximum Gasteiger partial charge on any atom is 0.260 e. The molecule has 0 atom stereocenters. The van der Waals surface area contributed by atoms with E-state index in [-0.39, 0.29) is 11.6 Å². The van der Waals surface area contributed by atoms with Gasteiger partial charge in [-0.05, 0) is 24.6 Å². The summed E-state index contributed by atoms with van der Waals surface area (Å²) in [5, 5.41) is 0.0888. The lowest BCUT2D eigenvalue weighted by molar-refractivity contribution is 0.340. The van der Waals surface area contributed by atoms with Crippen molar-refractivity contribution >= 4 is 10.0 Å². The van der Waals surface area contributed by atoms with E-state index in [9.17, 15) is 8.42 Å². The van der Waals surface area contributed by atoms with Gasteiger partial charge < -0.3 is 9.72 Å². The molecule has 0 spiro atoms. The average Bonchev–Trinajstić information content (AvgIpc) is 2.96. The van der Waals surface area contributed by atoms with Gasteiger partial charge in [0.05, 0.1) is 19.1 Å². The summed E-state index contributed by atoms with van der Waals surface area (Å²) in [4.78, 5) is 6.34. The quantitative estimate of drug-likeness (QED) is 0.879. The predicted octanol–water partition coefficient (Wildman–Crippen LogP) is 1.63. The second-order valence-electron chi connectivity index (χ2n) is 4.25. The molecule has 0 saturated heterocycles. The molecule has 2 rings (SSSR count). The molecular formula is C13H17N3O3S. The van der Waals surface area contributed by atoms with E-state index in [1.165, 1.54) is 23.9 Å². The van der Waals surface area contributed by atoms with E-state index in [0.29, 0.717) is 6.61 Å². The molecule has 0 aliphatic heterocycles. The van der Waals surface area contributed by atoms with Gasteiger partial charge in [0.15, 0.2) is 5.03 Å². The van der Waals surface area contributed by atoms with Gasteiger partial charge in [0.1, 0.15) is 5.75 Å². The van der Waals surface area contributed by atoms with Gasteiger partial charge in [-0.2, -0.15) is 4.31 Å². The number of rotatable bonds is 6. The Bertz CT molecular complexity index is 636. The zero-order chi connectivity index (χ0) is 14.6. The standard InChI is InChI=1S/C13H17N3O3S/c1-3-19-12-6-4-11(5-7-12)9-16(2)20(17,18)13-8-14-10-15-13/h4-8,10H,3,9H2,1-2H3,(H,14,15). The first-order valence-corrected chi connectivity index (χ1v) is 7.64. The van der Waals surface area contributed by atoms with Gasteiger partial charge in [0.2, 0.25) is 0 Å². The van der Waals surface area contributed by atoms with Crippen LogP contribution >= 0.6 is 0 Å². The average molecular weight is 295 g/mol. The fourth-order valence-corrected chi connectivity index (χ4v) is 2.80. The summed E-state index contributed by atoms with van der Waals surface area (Å²) >= 11 is 0. The van der Waals surface area contributed by atoms with Crippen LogP contribution in [0.3, 0.4) is 0 Å². The van der Waals surface area contributed by atoms with Crippen LogP contribution in [0.15, 0.2) is 41.8 Å².